The van der Waals surface area contributed by atoms with Crippen LogP contribution >= 0.6 is 0 Å². The SMILES string of the molecule is C/C=C\C=C/N(C)CC. The fraction of sp³-hybridized carbons (Fsp3) is 0.500. The van der Waals surface area contributed by atoms with E-state index in [1.54, 1.807) is 0 Å². The third-order valence-corrected chi connectivity index (χ3v) is 1.14. The summed E-state index contributed by atoms with van der Waals surface area (Å²) in [6.07, 6.45) is 8.12. The molecule has 0 saturated carbocycles. The monoisotopic (exact) mass is 125 g/mol. The highest BCUT2D eigenvalue weighted by Crippen LogP contribution is 1.82. The first-order valence-corrected chi connectivity index (χ1v) is 3.31. The zero-order valence-electron chi connectivity index (χ0n) is 6.46. The van der Waals surface area contributed by atoms with E-state index in [1.165, 1.54) is 0 Å². The summed E-state index contributed by atoms with van der Waals surface area (Å²) in [7, 11) is 2.06. The van der Waals surface area contributed by atoms with Gasteiger partial charge in [-0.2, -0.15) is 0 Å². The van der Waals surface area contributed by atoms with Crippen LogP contribution in [0.2, 0.25) is 0 Å². The predicted molar refractivity (Wildman–Crippen MR) is 42.3 cm³/mol. The minimum absolute atomic E-state index is 1.06. The molecule has 0 heterocycles. The molecule has 9 heavy (non-hydrogen) atoms. The first kappa shape index (κ1) is 8.28. The molecule has 0 aromatic carbocycles. The highest BCUT2D eigenvalue weighted by Gasteiger charge is 1.77. The van der Waals surface area contributed by atoms with Gasteiger partial charge in [0.25, 0.3) is 0 Å². The van der Waals surface area contributed by atoms with Gasteiger partial charge in [0.15, 0.2) is 0 Å². The number of hydrogen-bond acceptors (Lipinski definition) is 1. The van der Waals surface area contributed by atoms with Gasteiger partial charge in [0.05, 0.1) is 0 Å². The summed E-state index contributed by atoms with van der Waals surface area (Å²) in [4.78, 5) is 2.12. The third kappa shape index (κ3) is 5.15. The molecule has 0 rings (SSSR count). The summed E-state index contributed by atoms with van der Waals surface area (Å²) < 4.78 is 0. The molecule has 0 aliphatic carbocycles. The third-order valence-electron chi connectivity index (χ3n) is 1.14. The Balaban J connectivity index is 3.43. The van der Waals surface area contributed by atoms with Gasteiger partial charge in [-0.05, 0) is 26.1 Å². The van der Waals surface area contributed by atoms with Crippen molar-refractivity contribution in [3.63, 3.8) is 0 Å². The highest BCUT2D eigenvalue weighted by molar-refractivity contribution is 4.99. The normalized spacial score (nSPS) is 11.4. The van der Waals surface area contributed by atoms with E-state index in [0.717, 1.165) is 6.54 Å². The Morgan fingerprint density at radius 2 is 2.00 bits per heavy atom. The fourth-order valence-electron chi connectivity index (χ4n) is 0.413. The number of rotatable bonds is 3. The lowest BCUT2D eigenvalue weighted by Crippen LogP contribution is -2.07. The van der Waals surface area contributed by atoms with Crippen molar-refractivity contribution in [1.82, 2.24) is 4.90 Å². The predicted octanol–water partition coefficient (Wildman–Crippen LogP) is 2.03. The van der Waals surface area contributed by atoms with Crippen LogP contribution in [-0.2, 0) is 0 Å². The topological polar surface area (TPSA) is 3.24 Å². The second kappa shape index (κ2) is 5.42. The quantitative estimate of drug-likeness (QED) is 0.522. The second-order valence-corrected chi connectivity index (χ2v) is 1.94. The molecule has 0 atom stereocenters. The van der Waals surface area contributed by atoms with E-state index in [0.29, 0.717) is 0 Å². The van der Waals surface area contributed by atoms with Crippen molar-refractivity contribution in [3.8, 4) is 0 Å². The summed E-state index contributed by atoms with van der Waals surface area (Å²) in [5.74, 6) is 0. The summed E-state index contributed by atoms with van der Waals surface area (Å²) in [5.41, 5.74) is 0. The minimum Gasteiger partial charge on any atom is -0.381 e. The van der Waals surface area contributed by atoms with E-state index in [1.807, 2.05) is 25.2 Å². The lowest BCUT2D eigenvalue weighted by molar-refractivity contribution is 0.484. The van der Waals surface area contributed by atoms with Crippen LogP contribution < -0.4 is 0 Å². The highest BCUT2D eigenvalue weighted by atomic mass is 15.1. The van der Waals surface area contributed by atoms with Gasteiger partial charge in [0, 0.05) is 13.6 Å². The number of nitrogens with zero attached hydrogens (tertiary/aromatic N) is 1. The molecule has 0 aromatic rings. The van der Waals surface area contributed by atoms with Gasteiger partial charge < -0.3 is 4.90 Å². The Kier molecular flexibility index (Phi) is 4.98. The molecule has 0 bridgehead atoms. The molecule has 0 aliphatic heterocycles. The van der Waals surface area contributed by atoms with Crippen LogP contribution in [-0.4, -0.2) is 18.5 Å². The van der Waals surface area contributed by atoms with E-state index < -0.39 is 0 Å². The molecular formula is C8H15N. The van der Waals surface area contributed by atoms with Gasteiger partial charge in [0.1, 0.15) is 0 Å². The van der Waals surface area contributed by atoms with Gasteiger partial charge in [-0.25, -0.2) is 0 Å². The molecule has 52 valence electrons. The lowest BCUT2D eigenvalue weighted by atomic mass is 10.5. The molecule has 0 saturated heterocycles. The summed E-state index contributed by atoms with van der Waals surface area (Å²) in [5, 5.41) is 0. The Bertz CT molecular complexity index is 103. The van der Waals surface area contributed by atoms with Crippen molar-refractivity contribution < 1.29 is 0 Å². The van der Waals surface area contributed by atoms with Gasteiger partial charge in [-0.3, -0.25) is 0 Å². The molecule has 1 heteroatoms. The van der Waals surface area contributed by atoms with E-state index >= 15 is 0 Å². The summed E-state index contributed by atoms with van der Waals surface area (Å²) in [6, 6.07) is 0. The van der Waals surface area contributed by atoms with Crippen LogP contribution in [0.15, 0.2) is 24.4 Å². The van der Waals surface area contributed by atoms with Gasteiger partial charge >= 0.3 is 0 Å². The van der Waals surface area contributed by atoms with Gasteiger partial charge in [-0.1, -0.05) is 12.2 Å². The number of allylic oxidation sites excluding steroid dienone is 3. The smallest absolute Gasteiger partial charge is 0.0140 e. The maximum atomic E-state index is 2.12. The van der Waals surface area contributed by atoms with Crippen molar-refractivity contribution >= 4 is 0 Å². The van der Waals surface area contributed by atoms with Crippen LogP contribution in [0.25, 0.3) is 0 Å². The molecule has 0 N–H and O–H groups in total. The summed E-state index contributed by atoms with van der Waals surface area (Å²) >= 11 is 0. The minimum atomic E-state index is 1.06. The van der Waals surface area contributed by atoms with Crippen LogP contribution in [0.5, 0.6) is 0 Å². The number of hydrogen-bond donors (Lipinski definition) is 0. The Morgan fingerprint density at radius 1 is 1.33 bits per heavy atom. The first-order valence-electron chi connectivity index (χ1n) is 3.31. The average molecular weight is 125 g/mol. The van der Waals surface area contributed by atoms with Crippen LogP contribution in [0.4, 0.5) is 0 Å². The molecule has 0 spiro atoms. The van der Waals surface area contributed by atoms with Crippen molar-refractivity contribution in [2.45, 2.75) is 13.8 Å². The first-order chi connectivity index (χ1) is 4.31. The average Bonchev–Trinajstić information content (AvgIpc) is 1.89. The Morgan fingerprint density at radius 3 is 2.44 bits per heavy atom. The zero-order valence-corrected chi connectivity index (χ0v) is 6.46. The van der Waals surface area contributed by atoms with Crippen LogP contribution in [0.3, 0.4) is 0 Å². The van der Waals surface area contributed by atoms with E-state index in [-0.39, 0.29) is 0 Å². The second-order valence-electron chi connectivity index (χ2n) is 1.94. The fourth-order valence-corrected chi connectivity index (χ4v) is 0.413. The van der Waals surface area contributed by atoms with Gasteiger partial charge in [-0.15, -0.1) is 0 Å². The molecule has 0 unspecified atom stereocenters. The largest absolute Gasteiger partial charge is 0.381 e. The van der Waals surface area contributed by atoms with E-state index in [4.69, 9.17) is 0 Å². The van der Waals surface area contributed by atoms with Crippen molar-refractivity contribution in [3.05, 3.63) is 24.4 Å². The molecule has 0 radical (unpaired) electrons. The van der Waals surface area contributed by atoms with Crippen LogP contribution in [0, 0.1) is 0 Å². The van der Waals surface area contributed by atoms with Gasteiger partial charge in [0.2, 0.25) is 0 Å². The van der Waals surface area contributed by atoms with Crippen molar-refractivity contribution in [2.75, 3.05) is 13.6 Å². The van der Waals surface area contributed by atoms with Crippen molar-refractivity contribution in [1.29, 1.82) is 0 Å². The maximum Gasteiger partial charge on any atom is 0.0140 e. The Hall–Kier alpha value is -0.720. The standard InChI is InChI=1S/C8H15N/c1-4-6-7-8-9(3)5-2/h4,6-8H,5H2,1-3H3/b6-4-,8-7-. The Labute approximate surface area is 57.7 Å². The van der Waals surface area contributed by atoms with E-state index in [9.17, 15) is 0 Å². The molecule has 1 nitrogen and oxygen atoms in total. The van der Waals surface area contributed by atoms with Crippen molar-refractivity contribution in [2.24, 2.45) is 0 Å². The molecule has 0 amide bonds. The maximum absolute atomic E-state index is 2.12. The van der Waals surface area contributed by atoms with E-state index in [2.05, 4.69) is 25.1 Å². The molecule has 0 aliphatic rings. The summed E-state index contributed by atoms with van der Waals surface area (Å²) in [6.45, 7) is 5.20. The lowest BCUT2D eigenvalue weighted by Gasteiger charge is -2.07. The van der Waals surface area contributed by atoms with Crippen LogP contribution in [0.1, 0.15) is 13.8 Å². The zero-order chi connectivity index (χ0) is 7.11. The molecule has 0 aromatic heterocycles. The molecular weight excluding hydrogens is 110 g/mol. The molecule has 0 fully saturated rings.